The Balaban J connectivity index is 2.18. The lowest BCUT2D eigenvalue weighted by atomic mass is 10.0. The monoisotopic (exact) mass is 244 g/mol. The molecule has 0 amide bonds. The number of pyridine rings is 1. The minimum atomic E-state index is -0.161. The minimum Gasteiger partial charge on any atom is -0.346 e. The van der Waals surface area contributed by atoms with E-state index in [1.807, 2.05) is 39.0 Å². The maximum atomic E-state index is 5.99. The molecular formula is C14H20N4. The van der Waals surface area contributed by atoms with Gasteiger partial charge in [-0.3, -0.25) is 4.98 Å². The van der Waals surface area contributed by atoms with E-state index in [9.17, 15) is 0 Å². The number of imidazole rings is 1. The van der Waals surface area contributed by atoms with Crippen LogP contribution in [0.2, 0.25) is 0 Å². The number of rotatable bonds is 4. The van der Waals surface area contributed by atoms with Crippen LogP contribution < -0.4 is 5.73 Å². The fourth-order valence-corrected chi connectivity index (χ4v) is 1.83. The summed E-state index contributed by atoms with van der Waals surface area (Å²) >= 11 is 0. The summed E-state index contributed by atoms with van der Waals surface area (Å²) in [5, 5.41) is 0. The summed E-state index contributed by atoms with van der Waals surface area (Å²) in [7, 11) is 0. The van der Waals surface area contributed by atoms with Gasteiger partial charge in [0.05, 0.1) is 5.69 Å². The first-order valence-corrected chi connectivity index (χ1v) is 6.21. The molecule has 4 nitrogen and oxygen atoms in total. The van der Waals surface area contributed by atoms with Crippen LogP contribution in [0.3, 0.4) is 0 Å². The summed E-state index contributed by atoms with van der Waals surface area (Å²) in [6.45, 7) is 6.08. The highest BCUT2D eigenvalue weighted by molar-refractivity contribution is 5.56. The zero-order valence-corrected chi connectivity index (χ0v) is 11.2. The van der Waals surface area contributed by atoms with Gasteiger partial charge in [0.2, 0.25) is 0 Å². The van der Waals surface area contributed by atoms with Gasteiger partial charge < -0.3 is 10.7 Å². The molecule has 0 spiro atoms. The largest absolute Gasteiger partial charge is 0.346 e. The van der Waals surface area contributed by atoms with E-state index in [2.05, 4.69) is 15.0 Å². The highest BCUT2D eigenvalue weighted by Crippen LogP contribution is 2.19. The van der Waals surface area contributed by atoms with Crippen molar-refractivity contribution in [3.63, 3.8) is 0 Å². The summed E-state index contributed by atoms with van der Waals surface area (Å²) in [4.78, 5) is 12.2. The van der Waals surface area contributed by atoms with E-state index in [0.29, 0.717) is 0 Å². The van der Waals surface area contributed by atoms with Crippen molar-refractivity contribution >= 4 is 0 Å². The molecular weight excluding hydrogens is 224 g/mol. The second-order valence-electron chi connectivity index (χ2n) is 5.36. The van der Waals surface area contributed by atoms with Crippen LogP contribution in [0, 0.1) is 6.92 Å². The lowest BCUT2D eigenvalue weighted by molar-refractivity contribution is 0.472. The molecule has 0 radical (unpaired) electrons. The molecule has 18 heavy (non-hydrogen) atoms. The number of hydrogen-bond acceptors (Lipinski definition) is 3. The Morgan fingerprint density at radius 1 is 1.33 bits per heavy atom. The van der Waals surface area contributed by atoms with Crippen molar-refractivity contribution in [2.75, 3.05) is 0 Å². The van der Waals surface area contributed by atoms with Crippen LogP contribution in [0.4, 0.5) is 0 Å². The van der Waals surface area contributed by atoms with Gasteiger partial charge in [-0.15, -0.1) is 0 Å². The van der Waals surface area contributed by atoms with Crippen molar-refractivity contribution in [2.45, 2.75) is 39.2 Å². The van der Waals surface area contributed by atoms with E-state index in [4.69, 9.17) is 5.73 Å². The smallest absolute Gasteiger partial charge is 0.110 e. The normalized spacial score (nSPS) is 11.8. The molecule has 2 aromatic rings. The standard InChI is InChI=1S/C14H20N4/c1-10-13(11-6-4-5-9-16-11)18-12(17-10)7-8-14(2,3)15/h4-6,9H,7-8,15H2,1-3H3,(H,17,18). The van der Waals surface area contributed by atoms with Crippen molar-refractivity contribution < 1.29 is 0 Å². The first kappa shape index (κ1) is 12.8. The topological polar surface area (TPSA) is 67.6 Å². The molecule has 0 fully saturated rings. The minimum absolute atomic E-state index is 0.161. The van der Waals surface area contributed by atoms with Gasteiger partial charge >= 0.3 is 0 Å². The van der Waals surface area contributed by atoms with Crippen molar-refractivity contribution in [1.29, 1.82) is 0 Å². The summed E-state index contributed by atoms with van der Waals surface area (Å²) in [5.41, 5.74) is 8.72. The molecule has 4 heteroatoms. The van der Waals surface area contributed by atoms with Crippen LogP contribution in [-0.4, -0.2) is 20.5 Å². The predicted molar refractivity (Wildman–Crippen MR) is 73.1 cm³/mol. The van der Waals surface area contributed by atoms with E-state index in [0.717, 1.165) is 35.7 Å². The van der Waals surface area contributed by atoms with Gasteiger partial charge in [-0.2, -0.15) is 0 Å². The van der Waals surface area contributed by atoms with Gasteiger partial charge in [-0.05, 0) is 39.3 Å². The molecule has 0 unspecified atom stereocenters. The van der Waals surface area contributed by atoms with Gasteiger partial charge in [-0.1, -0.05) is 6.07 Å². The second-order valence-corrected chi connectivity index (χ2v) is 5.36. The first-order chi connectivity index (χ1) is 8.46. The molecule has 0 saturated heterocycles. The number of aromatic amines is 1. The second kappa shape index (κ2) is 4.90. The van der Waals surface area contributed by atoms with E-state index in [-0.39, 0.29) is 5.54 Å². The van der Waals surface area contributed by atoms with Crippen molar-refractivity contribution in [1.82, 2.24) is 15.0 Å². The summed E-state index contributed by atoms with van der Waals surface area (Å²) in [6.07, 6.45) is 3.55. The Bertz CT molecular complexity index is 508. The Labute approximate surface area is 108 Å². The molecule has 2 aromatic heterocycles. The summed E-state index contributed by atoms with van der Waals surface area (Å²) < 4.78 is 0. The number of nitrogens with one attached hydrogen (secondary N) is 1. The summed E-state index contributed by atoms with van der Waals surface area (Å²) in [6, 6.07) is 5.85. The molecule has 0 bridgehead atoms. The van der Waals surface area contributed by atoms with Gasteiger partial charge in [-0.25, -0.2) is 4.98 Å². The molecule has 0 saturated carbocycles. The number of H-pyrrole nitrogens is 1. The van der Waals surface area contributed by atoms with Gasteiger partial charge in [0.15, 0.2) is 0 Å². The fraction of sp³-hybridized carbons (Fsp3) is 0.429. The fourth-order valence-electron chi connectivity index (χ4n) is 1.83. The average Bonchev–Trinajstić information content (AvgIpc) is 2.68. The van der Waals surface area contributed by atoms with Gasteiger partial charge in [0, 0.05) is 23.9 Å². The third-order valence-electron chi connectivity index (χ3n) is 2.85. The third kappa shape index (κ3) is 3.17. The van der Waals surface area contributed by atoms with E-state index in [1.165, 1.54) is 0 Å². The molecule has 0 aromatic carbocycles. The van der Waals surface area contributed by atoms with E-state index >= 15 is 0 Å². The highest BCUT2D eigenvalue weighted by Gasteiger charge is 2.14. The maximum absolute atomic E-state index is 5.99. The van der Waals surface area contributed by atoms with Gasteiger partial charge in [0.25, 0.3) is 0 Å². The Kier molecular flexibility index (Phi) is 3.48. The first-order valence-electron chi connectivity index (χ1n) is 6.21. The third-order valence-corrected chi connectivity index (χ3v) is 2.85. The van der Waals surface area contributed by atoms with E-state index in [1.54, 1.807) is 6.20 Å². The average molecular weight is 244 g/mol. The predicted octanol–water partition coefficient (Wildman–Crippen LogP) is 2.45. The molecule has 96 valence electrons. The number of nitrogens with zero attached hydrogens (tertiary/aromatic N) is 2. The lowest BCUT2D eigenvalue weighted by Crippen LogP contribution is -2.32. The van der Waals surface area contributed by atoms with Crippen LogP contribution in [0.5, 0.6) is 0 Å². The molecule has 0 aliphatic heterocycles. The molecule has 0 aliphatic rings. The Hall–Kier alpha value is -1.68. The molecule has 2 heterocycles. The number of aromatic nitrogens is 3. The number of aryl methyl sites for hydroxylation is 2. The van der Waals surface area contributed by atoms with Crippen LogP contribution >= 0.6 is 0 Å². The van der Waals surface area contributed by atoms with Crippen molar-refractivity contribution in [3.05, 3.63) is 35.9 Å². The van der Waals surface area contributed by atoms with Crippen molar-refractivity contribution in [3.8, 4) is 11.4 Å². The van der Waals surface area contributed by atoms with Crippen LogP contribution in [0.25, 0.3) is 11.4 Å². The van der Waals surface area contributed by atoms with E-state index < -0.39 is 0 Å². The van der Waals surface area contributed by atoms with Crippen LogP contribution in [-0.2, 0) is 6.42 Å². The van der Waals surface area contributed by atoms with Crippen LogP contribution in [0.1, 0.15) is 31.8 Å². The molecule has 0 atom stereocenters. The Morgan fingerprint density at radius 2 is 2.11 bits per heavy atom. The molecule has 2 rings (SSSR count). The quantitative estimate of drug-likeness (QED) is 0.868. The summed E-state index contributed by atoms with van der Waals surface area (Å²) in [5.74, 6) is 0.978. The van der Waals surface area contributed by atoms with Crippen molar-refractivity contribution in [2.24, 2.45) is 5.73 Å². The molecule has 0 aliphatic carbocycles. The Morgan fingerprint density at radius 3 is 2.72 bits per heavy atom. The van der Waals surface area contributed by atoms with Crippen LogP contribution in [0.15, 0.2) is 24.4 Å². The number of hydrogen-bond donors (Lipinski definition) is 2. The van der Waals surface area contributed by atoms with Gasteiger partial charge in [0.1, 0.15) is 11.5 Å². The zero-order valence-electron chi connectivity index (χ0n) is 11.2. The SMILES string of the molecule is Cc1[nH]c(CCC(C)(C)N)nc1-c1ccccn1. The highest BCUT2D eigenvalue weighted by atomic mass is 14.9. The zero-order chi connectivity index (χ0) is 13.2. The maximum Gasteiger partial charge on any atom is 0.110 e. The lowest BCUT2D eigenvalue weighted by Gasteiger charge is -2.16. The molecule has 3 N–H and O–H groups in total. The number of nitrogens with two attached hydrogens (primary N) is 1.